The predicted molar refractivity (Wildman–Crippen MR) is 119 cm³/mol. The third-order valence-corrected chi connectivity index (χ3v) is 4.53. The summed E-state index contributed by atoms with van der Waals surface area (Å²) in [7, 11) is 1.69. The molecule has 0 atom stereocenters. The Labute approximate surface area is 183 Å². The number of carbonyl (C=O) groups is 1. The average molecular weight is 510 g/mol. The van der Waals surface area contributed by atoms with Crippen molar-refractivity contribution in [3.63, 3.8) is 0 Å². The Morgan fingerprint density at radius 2 is 2.15 bits per heavy atom. The molecule has 1 aromatic heterocycles. The number of amides is 1. The van der Waals surface area contributed by atoms with E-state index >= 15 is 0 Å². The number of likely N-dealkylation sites (tertiary alicyclic amines) is 1. The molecule has 0 aromatic carbocycles. The van der Waals surface area contributed by atoms with Crippen molar-refractivity contribution in [3.8, 4) is 5.88 Å². The molecule has 9 heteroatoms. The summed E-state index contributed by atoms with van der Waals surface area (Å²) in [6.07, 6.45) is 4.18. The second kappa shape index (κ2) is 13.0. The van der Waals surface area contributed by atoms with Gasteiger partial charge in [-0.05, 0) is 31.7 Å². The number of ether oxygens (including phenoxy) is 1. The molecule has 1 fully saturated rings. The molecular weight excluding hydrogens is 481 g/mol. The molecule has 1 aliphatic heterocycles. The Kier molecular flexibility index (Phi) is 11.4. The number of halogens is 2. The minimum Gasteiger partial charge on any atom is -0.476 e. The van der Waals surface area contributed by atoms with Crippen LogP contribution in [-0.4, -0.2) is 61.6 Å². The topological polar surface area (TPSA) is 78.9 Å². The van der Waals surface area contributed by atoms with E-state index in [1.807, 2.05) is 0 Å². The van der Waals surface area contributed by atoms with Crippen LogP contribution < -0.4 is 15.4 Å². The fourth-order valence-electron chi connectivity index (χ4n) is 2.89. The van der Waals surface area contributed by atoms with Crippen molar-refractivity contribution in [2.75, 3.05) is 39.8 Å². The molecule has 7 nitrogen and oxygen atoms in total. The van der Waals surface area contributed by atoms with Gasteiger partial charge < -0.3 is 20.3 Å². The minimum atomic E-state index is 0. The molecular formula is C18H29ClIN5O2. The molecule has 1 amide bonds. The molecule has 0 spiro atoms. The number of hydrogen-bond donors (Lipinski definition) is 2. The van der Waals surface area contributed by atoms with Crippen molar-refractivity contribution < 1.29 is 9.53 Å². The molecule has 2 heterocycles. The highest BCUT2D eigenvalue weighted by atomic mass is 127. The largest absolute Gasteiger partial charge is 0.476 e. The molecule has 2 N–H and O–H groups in total. The molecule has 0 bridgehead atoms. The lowest BCUT2D eigenvalue weighted by Gasteiger charge is -2.34. The summed E-state index contributed by atoms with van der Waals surface area (Å²) in [5.41, 5.74) is 0. The summed E-state index contributed by atoms with van der Waals surface area (Å²) in [6, 6.07) is 3.49. The fourth-order valence-corrected chi connectivity index (χ4v) is 3.00. The van der Waals surface area contributed by atoms with Gasteiger partial charge in [-0.1, -0.05) is 11.6 Å². The first-order valence-electron chi connectivity index (χ1n) is 9.10. The zero-order valence-corrected chi connectivity index (χ0v) is 19.0. The average Bonchev–Trinajstić information content (AvgIpc) is 2.66. The second-order valence-electron chi connectivity index (χ2n) is 6.21. The van der Waals surface area contributed by atoms with Crippen LogP contribution in [0.3, 0.4) is 0 Å². The highest BCUT2D eigenvalue weighted by molar-refractivity contribution is 14.0. The van der Waals surface area contributed by atoms with Gasteiger partial charge in [-0.3, -0.25) is 4.79 Å². The van der Waals surface area contributed by atoms with Crippen molar-refractivity contribution in [1.29, 1.82) is 0 Å². The Morgan fingerprint density at radius 1 is 1.41 bits per heavy atom. The number of nitrogens with one attached hydrogen (secondary N) is 2. The molecule has 1 saturated heterocycles. The van der Waals surface area contributed by atoms with E-state index in [9.17, 15) is 4.79 Å². The molecule has 0 radical (unpaired) electrons. The van der Waals surface area contributed by atoms with Crippen LogP contribution in [0, 0.1) is 5.92 Å². The van der Waals surface area contributed by atoms with Crippen LogP contribution in [0.5, 0.6) is 5.88 Å². The SMILES string of the molecule is CCNC(=NCCOc1ccc(Cl)cn1)N1CCC(CC(=O)NC)CC1.I. The van der Waals surface area contributed by atoms with E-state index < -0.39 is 0 Å². The highest BCUT2D eigenvalue weighted by Gasteiger charge is 2.22. The number of carbonyl (C=O) groups excluding carboxylic acids is 1. The number of piperidine rings is 1. The normalized spacial score (nSPS) is 15.1. The third kappa shape index (κ3) is 8.50. The molecule has 2 rings (SSSR count). The van der Waals surface area contributed by atoms with Crippen LogP contribution in [0.25, 0.3) is 0 Å². The van der Waals surface area contributed by atoms with Gasteiger partial charge in [0.25, 0.3) is 0 Å². The number of guanidine groups is 1. The Hall–Kier alpha value is -1.29. The zero-order valence-electron chi connectivity index (χ0n) is 15.9. The Balaban J connectivity index is 0.00000364. The highest BCUT2D eigenvalue weighted by Crippen LogP contribution is 2.20. The van der Waals surface area contributed by atoms with Crippen molar-refractivity contribution in [3.05, 3.63) is 23.4 Å². The maximum absolute atomic E-state index is 11.5. The van der Waals surface area contributed by atoms with E-state index in [-0.39, 0.29) is 29.9 Å². The minimum absolute atomic E-state index is 0. The van der Waals surface area contributed by atoms with E-state index in [0.717, 1.165) is 38.4 Å². The number of aliphatic imine (C=N–C) groups is 1. The quantitative estimate of drug-likeness (QED) is 0.256. The standard InChI is InChI=1S/C18H28ClN5O2.HI/c1-3-21-18(22-8-11-26-17-5-4-15(19)13-23-17)24-9-6-14(7-10-24)12-16(25)20-2;/h4-5,13-14H,3,6-12H2,1-2H3,(H,20,25)(H,21,22);1H. The van der Waals surface area contributed by atoms with Crippen molar-refractivity contribution in [1.82, 2.24) is 20.5 Å². The van der Waals surface area contributed by atoms with Gasteiger partial charge in [0, 0.05) is 45.4 Å². The molecule has 0 saturated carbocycles. The summed E-state index contributed by atoms with van der Waals surface area (Å²) in [4.78, 5) is 22.5. The summed E-state index contributed by atoms with van der Waals surface area (Å²) in [5, 5.41) is 6.62. The van der Waals surface area contributed by atoms with Crippen LogP contribution in [0.1, 0.15) is 26.2 Å². The lowest BCUT2D eigenvalue weighted by atomic mass is 9.93. The van der Waals surface area contributed by atoms with E-state index in [4.69, 9.17) is 16.3 Å². The summed E-state index contributed by atoms with van der Waals surface area (Å²) in [5.74, 6) is 2.02. The van der Waals surface area contributed by atoms with Crippen LogP contribution in [0.15, 0.2) is 23.3 Å². The second-order valence-corrected chi connectivity index (χ2v) is 6.64. The van der Waals surface area contributed by atoms with Crippen LogP contribution in [0.2, 0.25) is 5.02 Å². The van der Waals surface area contributed by atoms with Crippen molar-refractivity contribution in [2.24, 2.45) is 10.9 Å². The molecule has 0 aliphatic carbocycles. The maximum atomic E-state index is 11.5. The smallest absolute Gasteiger partial charge is 0.220 e. The third-order valence-electron chi connectivity index (χ3n) is 4.30. The lowest BCUT2D eigenvalue weighted by Crippen LogP contribution is -2.46. The number of pyridine rings is 1. The van der Waals surface area contributed by atoms with Gasteiger partial charge in [-0.2, -0.15) is 0 Å². The van der Waals surface area contributed by atoms with Gasteiger partial charge in [-0.15, -0.1) is 24.0 Å². The summed E-state index contributed by atoms with van der Waals surface area (Å²) >= 11 is 5.81. The van der Waals surface area contributed by atoms with E-state index in [1.54, 1.807) is 25.4 Å². The van der Waals surface area contributed by atoms with Gasteiger partial charge in [0.15, 0.2) is 5.96 Å². The van der Waals surface area contributed by atoms with E-state index in [1.165, 1.54) is 0 Å². The maximum Gasteiger partial charge on any atom is 0.220 e. The first-order chi connectivity index (χ1) is 12.6. The number of aromatic nitrogens is 1. The lowest BCUT2D eigenvalue weighted by molar-refractivity contribution is -0.121. The Bertz CT molecular complexity index is 592. The van der Waals surface area contributed by atoms with Crippen molar-refractivity contribution >= 4 is 47.4 Å². The number of nitrogens with zero attached hydrogens (tertiary/aromatic N) is 3. The Morgan fingerprint density at radius 3 is 2.74 bits per heavy atom. The first-order valence-corrected chi connectivity index (χ1v) is 9.48. The molecule has 1 aromatic rings. The molecule has 1 aliphatic rings. The molecule has 27 heavy (non-hydrogen) atoms. The van der Waals surface area contributed by atoms with Gasteiger partial charge >= 0.3 is 0 Å². The number of rotatable bonds is 7. The van der Waals surface area contributed by atoms with Gasteiger partial charge in [0.05, 0.1) is 11.6 Å². The predicted octanol–water partition coefficient (Wildman–Crippen LogP) is 2.55. The van der Waals surface area contributed by atoms with Gasteiger partial charge in [0.2, 0.25) is 11.8 Å². The monoisotopic (exact) mass is 509 g/mol. The number of hydrogen-bond acceptors (Lipinski definition) is 4. The fraction of sp³-hybridized carbons (Fsp3) is 0.611. The van der Waals surface area contributed by atoms with Crippen LogP contribution in [0.4, 0.5) is 0 Å². The molecule has 152 valence electrons. The van der Waals surface area contributed by atoms with E-state index in [2.05, 4.69) is 32.4 Å². The first kappa shape index (κ1) is 23.7. The van der Waals surface area contributed by atoms with Crippen molar-refractivity contribution in [2.45, 2.75) is 26.2 Å². The summed E-state index contributed by atoms with van der Waals surface area (Å²) in [6.45, 7) is 5.69. The van der Waals surface area contributed by atoms with Gasteiger partial charge in [-0.25, -0.2) is 9.98 Å². The summed E-state index contributed by atoms with van der Waals surface area (Å²) < 4.78 is 5.58. The van der Waals surface area contributed by atoms with Gasteiger partial charge in [0.1, 0.15) is 6.61 Å². The zero-order chi connectivity index (χ0) is 18.8. The molecule has 0 unspecified atom stereocenters. The van der Waals surface area contributed by atoms with Crippen LogP contribution >= 0.6 is 35.6 Å². The van der Waals surface area contributed by atoms with E-state index in [0.29, 0.717) is 36.4 Å². The van der Waals surface area contributed by atoms with Crippen LogP contribution in [-0.2, 0) is 4.79 Å².